The molecule has 1 N–H and O–H groups in total. The summed E-state index contributed by atoms with van der Waals surface area (Å²) in [6.45, 7) is 7.14. The van der Waals surface area contributed by atoms with Crippen LogP contribution in [0.3, 0.4) is 0 Å². The first-order valence-corrected chi connectivity index (χ1v) is 9.02. The summed E-state index contributed by atoms with van der Waals surface area (Å²) in [5.74, 6) is 0.354. The molecule has 0 spiro atoms. The maximum atomic E-state index is 12.6. The van der Waals surface area contributed by atoms with Crippen molar-refractivity contribution in [3.63, 3.8) is 0 Å². The van der Waals surface area contributed by atoms with Crippen LogP contribution in [0.5, 0.6) is 5.75 Å². The number of rotatable bonds is 5. The highest BCUT2D eigenvalue weighted by Crippen LogP contribution is 2.30. The number of ether oxygens (including phenoxy) is 2. The first kappa shape index (κ1) is 17.2. The number of nitrogens with one attached hydrogen (secondary N) is 1. The van der Waals surface area contributed by atoms with E-state index in [4.69, 9.17) is 9.47 Å². The van der Waals surface area contributed by atoms with E-state index in [-0.39, 0.29) is 16.4 Å². The Hall–Kier alpha value is -1.11. The second kappa shape index (κ2) is 6.56. The van der Waals surface area contributed by atoms with Crippen molar-refractivity contribution in [2.45, 2.75) is 50.0 Å². The topological polar surface area (TPSA) is 64.6 Å². The molecule has 1 aliphatic rings. The summed E-state index contributed by atoms with van der Waals surface area (Å²) in [5, 5.41) is 0. The van der Waals surface area contributed by atoms with E-state index in [9.17, 15) is 8.42 Å². The van der Waals surface area contributed by atoms with Gasteiger partial charge < -0.3 is 9.47 Å². The van der Waals surface area contributed by atoms with Crippen LogP contribution in [-0.4, -0.2) is 34.8 Å². The van der Waals surface area contributed by atoms with E-state index in [2.05, 4.69) is 4.72 Å². The maximum absolute atomic E-state index is 12.6. The highest BCUT2D eigenvalue weighted by molar-refractivity contribution is 7.89. The Morgan fingerprint density at radius 1 is 1.36 bits per heavy atom. The Balaban J connectivity index is 2.27. The van der Waals surface area contributed by atoms with E-state index in [1.165, 1.54) is 7.11 Å². The highest BCUT2D eigenvalue weighted by Gasteiger charge is 2.25. The van der Waals surface area contributed by atoms with Gasteiger partial charge in [-0.25, -0.2) is 13.1 Å². The molecule has 124 valence electrons. The van der Waals surface area contributed by atoms with Crippen LogP contribution < -0.4 is 9.46 Å². The first-order valence-electron chi connectivity index (χ1n) is 7.54. The van der Waals surface area contributed by atoms with Crippen molar-refractivity contribution in [2.24, 2.45) is 0 Å². The summed E-state index contributed by atoms with van der Waals surface area (Å²) in [7, 11) is -2.15. The minimum absolute atomic E-state index is 0.0356. The summed E-state index contributed by atoms with van der Waals surface area (Å²) in [6.07, 6.45) is 1.84. The third kappa shape index (κ3) is 4.00. The predicted molar refractivity (Wildman–Crippen MR) is 85.9 cm³/mol. The molecule has 1 aromatic rings. The van der Waals surface area contributed by atoms with Crippen LogP contribution >= 0.6 is 0 Å². The monoisotopic (exact) mass is 327 g/mol. The van der Waals surface area contributed by atoms with E-state index in [0.29, 0.717) is 18.9 Å². The van der Waals surface area contributed by atoms with Crippen molar-refractivity contribution in [3.8, 4) is 5.75 Å². The molecule has 5 nitrogen and oxygen atoms in total. The third-order valence-electron chi connectivity index (χ3n) is 3.84. The molecule has 1 atom stereocenters. The van der Waals surface area contributed by atoms with Crippen molar-refractivity contribution in [1.29, 1.82) is 0 Å². The van der Waals surface area contributed by atoms with Crippen molar-refractivity contribution >= 4 is 10.0 Å². The molecule has 0 radical (unpaired) electrons. The molecule has 0 amide bonds. The summed E-state index contributed by atoms with van der Waals surface area (Å²) in [6, 6.07) is 5.30. The van der Waals surface area contributed by atoms with Crippen LogP contribution in [0.1, 0.15) is 39.2 Å². The Labute approximate surface area is 133 Å². The zero-order valence-electron chi connectivity index (χ0n) is 13.7. The highest BCUT2D eigenvalue weighted by atomic mass is 32.2. The molecule has 1 aliphatic heterocycles. The van der Waals surface area contributed by atoms with E-state index in [1.54, 1.807) is 12.1 Å². The fourth-order valence-electron chi connectivity index (χ4n) is 2.44. The lowest BCUT2D eigenvalue weighted by Gasteiger charge is -2.21. The number of hydrogen-bond donors (Lipinski definition) is 1. The van der Waals surface area contributed by atoms with E-state index in [0.717, 1.165) is 18.4 Å². The van der Waals surface area contributed by atoms with Gasteiger partial charge in [0.2, 0.25) is 10.0 Å². The molecule has 1 fully saturated rings. The number of hydrogen-bond acceptors (Lipinski definition) is 4. The van der Waals surface area contributed by atoms with E-state index in [1.807, 2.05) is 26.8 Å². The predicted octanol–water partition coefficient (Wildman–Crippen LogP) is 2.45. The lowest BCUT2D eigenvalue weighted by molar-refractivity contribution is 0.114. The molecule has 1 saturated heterocycles. The van der Waals surface area contributed by atoms with Crippen LogP contribution in [0.25, 0.3) is 0 Å². The molecule has 1 heterocycles. The first-order chi connectivity index (χ1) is 10.2. The van der Waals surface area contributed by atoms with Gasteiger partial charge in [-0.15, -0.1) is 0 Å². The minimum Gasteiger partial charge on any atom is -0.495 e. The number of sulfonamides is 1. The molecule has 0 aromatic heterocycles. The molecular weight excluding hydrogens is 302 g/mol. The van der Waals surface area contributed by atoms with E-state index < -0.39 is 10.0 Å². The minimum atomic E-state index is -3.63. The summed E-state index contributed by atoms with van der Waals surface area (Å²) < 4.78 is 38.5. The zero-order valence-corrected chi connectivity index (χ0v) is 14.5. The van der Waals surface area contributed by atoms with Crippen LogP contribution in [0.2, 0.25) is 0 Å². The second-order valence-electron chi connectivity index (χ2n) is 6.60. The van der Waals surface area contributed by atoms with Gasteiger partial charge >= 0.3 is 0 Å². The average Bonchev–Trinajstić information content (AvgIpc) is 2.97. The molecule has 0 bridgehead atoms. The smallest absolute Gasteiger partial charge is 0.244 e. The fourth-order valence-corrected chi connectivity index (χ4v) is 3.70. The lowest BCUT2D eigenvalue weighted by atomic mass is 9.87. The van der Waals surface area contributed by atoms with Gasteiger partial charge in [-0.1, -0.05) is 26.8 Å². The maximum Gasteiger partial charge on any atom is 0.244 e. The molecule has 1 aromatic carbocycles. The quantitative estimate of drug-likeness (QED) is 0.902. The Morgan fingerprint density at radius 3 is 2.64 bits per heavy atom. The lowest BCUT2D eigenvalue weighted by Crippen LogP contribution is -2.32. The normalized spacial score (nSPS) is 19.4. The Morgan fingerprint density at radius 2 is 2.09 bits per heavy atom. The van der Waals surface area contributed by atoms with Crippen molar-refractivity contribution in [3.05, 3.63) is 23.8 Å². The van der Waals surface area contributed by atoms with Crippen LogP contribution in [0, 0.1) is 0 Å². The standard InChI is InChI=1S/C16H25NO4S/c1-16(2,3)12-7-8-14(20-4)15(10-12)22(18,19)17-11-13-6-5-9-21-13/h7-8,10,13,17H,5-6,9,11H2,1-4H3/t13-/m0/s1. The van der Waals surface area contributed by atoms with Gasteiger partial charge in [-0.3, -0.25) is 0 Å². The van der Waals surface area contributed by atoms with Crippen molar-refractivity contribution in [1.82, 2.24) is 4.72 Å². The fraction of sp³-hybridized carbons (Fsp3) is 0.625. The van der Waals surface area contributed by atoms with Crippen molar-refractivity contribution < 1.29 is 17.9 Å². The van der Waals surface area contributed by atoms with Gasteiger partial charge in [0.05, 0.1) is 13.2 Å². The SMILES string of the molecule is COc1ccc(C(C)(C)C)cc1S(=O)(=O)NC[C@@H]1CCCO1. The third-order valence-corrected chi connectivity index (χ3v) is 5.29. The van der Waals surface area contributed by atoms with Gasteiger partial charge in [0.25, 0.3) is 0 Å². The summed E-state index contributed by atoms with van der Waals surface area (Å²) in [5.41, 5.74) is 0.816. The molecular formula is C16H25NO4S. The van der Waals surface area contributed by atoms with Gasteiger partial charge in [0.15, 0.2) is 0 Å². The van der Waals surface area contributed by atoms with E-state index >= 15 is 0 Å². The van der Waals surface area contributed by atoms with Crippen LogP contribution in [-0.2, 0) is 20.2 Å². The van der Waals surface area contributed by atoms with Crippen LogP contribution in [0.15, 0.2) is 23.1 Å². The second-order valence-corrected chi connectivity index (χ2v) is 8.34. The molecule has 0 saturated carbocycles. The molecule has 0 aliphatic carbocycles. The van der Waals surface area contributed by atoms with Crippen LogP contribution in [0.4, 0.5) is 0 Å². The molecule has 0 unspecified atom stereocenters. The number of methoxy groups -OCH3 is 1. The van der Waals surface area contributed by atoms with Gasteiger partial charge in [-0.05, 0) is 36.0 Å². The Kier molecular flexibility index (Phi) is 5.14. The molecule has 22 heavy (non-hydrogen) atoms. The Bertz CT molecular complexity index is 614. The number of benzene rings is 1. The average molecular weight is 327 g/mol. The molecule has 6 heteroatoms. The summed E-state index contributed by atoms with van der Waals surface area (Å²) in [4.78, 5) is 0.181. The van der Waals surface area contributed by atoms with Gasteiger partial charge in [0.1, 0.15) is 10.6 Å². The largest absolute Gasteiger partial charge is 0.495 e. The summed E-state index contributed by atoms with van der Waals surface area (Å²) >= 11 is 0. The zero-order chi connectivity index (χ0) is 16.4. The van der Waals surface area contributed by atoms with Gasteiger partial charge in [0, 0.05) is 13.2 Å². The van der Waals surface area contributed by atoms with Gasteiger partial charge in [-0.2, -0.15) is 0 Å². The van der Waals surface area contributed by atoms with Crippen molar-refractivity contribution in [2.75, 3.05) is 20.3 Å². The molecule has 2 rings (SSSR count).